The van der Waals surface area contributed by atoms with Gasteiger partial charge in [-0.25, -0.2) is 0 Å². The van der Waals surface area contributed by atoms with Gasteiger partial charge in [0.15, 0.2) is 0 Å². The lowest BCUT2D eigenvalue weighted by atomic mass is 9.94. The van der Waals surface area contributed by atoms with Crippen LogP contribution in [0.4, 0.5) is 0 Å². The summed E-state index contributed by atoms with van der Waals surface area (Å²) in [5.41, 5.74) is 0.767. The van der Waals surface area contributed by atoms with Gasteiger partial charge in [0.05, 0.1) is 9.81 Å². The van der Waals surface area contributed by atoms with E-state index in [4.69, 9.17) is 11.6 Å². The first-order valence-electron chi connectivity index (χ1n) is 8.22. The van der Waals surface area contributed by atoms with Gasteiger partial charge in [0.25, 0.3) is 0 Å². The fraction of sp³-hybridized carbons (Fsp3) is 0. The molecule has 27 heavy (non-hydrogen) atoms. The summed E-state index contributed by atoms with van der Waals surface area (Å²) in [6, 6.07) is 24.0. The number of fused-ring (bicyclic) bond motifs is 1. The predicted octanol–water partition coefficient (Wildman–Crippen LogP) is 6.52. The van der Waals surface area contributed by atoms with Crippen molar-refractivity contribution in [1.82, 2.24) is 0 Å². The Kier molecular flexibility index (Phi) is 5.21. The molecule has 1 aliphatic carbocycles. The van der Waals surface area contributed by atoms with Crippen LogP contribution in [0.25, 0.3) is 0 Å². The molecule has 4 rings (SSSR count). The summed E-state index contributed by atoms with van der Waals surface area (Å²) >= 11 is 8.72. The van der Waals surface area contributed by atoms with Crippen LogP contribution in [0, 0.1) is 0 Å². The van der Waals surface area contributed by atoms with E-state index in [1.165, 1.54) is 23.5 Å². The molecule has 0 bridgehead atoms. The lowest BCUT2D eigenvalue weighted by Crippen LogP contribution is -2.19. The SMILES string of the molecule is O=C1C(Sc2ccccc2)=C(Sc2ccccc2)C(=O)c2cc(Cl)ccc21. The number of allylic oxidation sites excluding steroid dienone is 2. The number of benzene rings is 3. The molecule has 0 spiro atoms. The third kappa shape index (κ3) is 3.74. The summed E-state index contributed by atoms with van der Waals surface area (Å²) in [6.07, 6.45) is 0. The lowest BCUT2D eigenvalue weighted by Gasteiger charge is -2.20. The first kappa shape index (κ1) is 18.1. The minimum atomic E-state index is -0.167. The van der Waals surface area contributed by atoms with Crippen molar-refractivity contribution in [3.63, 3.8) is 0 Å². The Morgan fingerprint density at radius 1 is 0.593 bits per heavy atom. The number of hydrogen-bond donors (Lipinski definition) is 0. The second kappa shape index (κ2) is 7.77. The van der Waals surface area contributed by atoms with Crippen LogP contribution in [-0.2, 0) is 0 Å². The molecule has 0 aromatic heterocycles. The van der Waals surface area contributed by atoms with Crippen molar-refractivity contribution >= 4 is 46.7 Å². The normalized spacial score (nSPS) is 13.7. The average Bonchev–Trinajstić information content (AvgIpc) is 2.70. The maximum absolute atomic E-state index is 13.2. The van der Waals surface area contributed by atoms with Crippen LogP contribution in [0.2, 0.25) is 5.02 Å². The van der Waals surface area contributed by atoms with E-state index in [0.29, 0.717) is 26.0 Å². The van der Waals surface area contributed by atoms with Gasteiger partial charge < -0.3 is 0 Å². The second-order valence-electron chi connectivity index (χ2n) is 5.84. The molecular weight excluding hydrogens is 396 g/mol. The number of carbonyl (C=O) groups excluding carboxylic acids is 2. The van der Waals surface area contributed by atoms with Gasteiger partial charge in [0.1, 0.15) is 0 Å². The van der Waals surface area contributed by atoms with E-state index in [2.05, 4.69) is 0 Å². The van der Waals surface area contributed by atoms with Crippen LogP contribution in [-0.4, -0.2) is 11.6 Å². The number of Topliss-reactive ketones (excluding diaryl/α,β-unsaturated/α-hetero) is 2. The molecule has 0 saturated heterocycles. The van der Waals surface area contributed by atoms with E-state index >= 15 is 0 Å². The number of ketones is 2. The number of hydrogen-bond acceptors (Lipinski definition) is 4. The summed E-state index contributed by atoms with van der Waals surface area (Å²) in [5.74, 6) is -0.312. The molecule has 2 nitrogen and oxygen atoms in total. The van der Waals surface area contributed by atoms with Crippen LogP contribution in [0.1, 0.15) is 20.7 Å². The van der Waals surface area contributed by atoms with E-state index in [1.54, 1.807) is 18.2 Å². The largest absolute Gasteiger partial charge is 0.288 e. The monoisotopic (exact) mass is 408 g/mol. The highest BCUT2D eigenvalue weighted by molar-refractivity contribution is 8.08. The van der Waals surface area contributed by atoms with Crippen molar-refractivity contribution < 1.29 is 9.59 Å². The van der Waals surface area contributed by atoms with Crippen LogP contribution in [0.15, 0.2) is 98.5 Å². The quantitative estimate of drug-likeness (QED) is 0.492. The Labute approximate surface area is 170 Å². The smallest absolute Gasteiger partial charge is 0.201 e. The standard InChI is InChI=1S/C22H13ClO2S2/c23-14-11-12-17-18(13-14)20(25)22(27-16-9-5-2-6-10-16)21(19(17)24)26-15-7-3-1-4-8-15/h1-13H. The Morgan fingerprint density at radius 2 is 1.07 bits per heavy atom. The molecule has 0 radical (unpaired) electrons. The number of halogens is 1. The van der Waals surface area contributed by atoms with Crippen LogP contribution < -0.4 is 0 Å². The highest BCUT2D eigenvalue weighted by Gasteiger charge is 2.33. The minimum Gasteiger partial charge on any atom is -0.288 e. The zero-order valence-electron chi connectivity index (χ0n) is 14.0. The number of carbonyl (C=O) groups is 2. The van der Waals surface area contributed by atoms with Crippen molar-refractivity contribution in [1.29, 1.82) is 0 Å². The van der Waals surface area contributed by atoms with Gasteiger partial charge in [-0.05, 0) is 42.5 Å². The van der Waals surface area contributed by atoms with Crippen molar-refractivity contribution in [3.05, 3.63) is 105 Å². The first-order valence-corrected chi connectivity index (χ1v) is 10.2. The molecule has 0 aliphatic heterocycles. The predicted molar refractivity (Wildman–Crippen MR) is 112 cm³/mol. The minimum absolute atomic E-state index is 0.145. The molecule has 0 saturated carbocycles. The van der Waals surface area contributed by atoms with Gasteiger partial charge in [-0.1, -0.05) is 71.5 Å². The van der Waals surface area contributed by atoms with Crippen LogP contribution in [0.5, 0.6) is 0 Å². The number of rotatable bonds is 4. The van der Waals surface area contributed by atoms with Gasteiger partial charge in [-0.15, -0.1) is 0 Å². The Hall–Kier alpha value is -2.27. The second-order valence-corrected chi connectivity index (χ2v) is 8.44. The molecule has 1 aliphatic rings. The highest BCUT2D eigenvalue weighted by Crippen LogP contribution is 2.43. The van der Waals surface area contributed by atoms with Crippen molar-refractivity contribution in [2.24, 2.45) is 0 Å². The summed E-state index contributed by atoms with van der Waals surface area (Å²) in [7, 11) is 0. The van der Waals surface area contributed by atoms with E-state index in [0.717, 1.165) is 9.79 Å². The van der Waals surface area contributed by atoms with Gasteiger partial charge in [0.2, 0.25) is 11.6 Å². The third-order valence-electron chi connectivity index (χ3n) is 4.02. The van der Waals surface area contributed by atoms with Crippen molar-refractivity contribution in [3.8, 4) is 0 Å². The molecular formula is C22H13ClO2S2. The zero-order chi connectivity index (χ0) is 18.8. The molecule has 0 fully saturated rings. The Bertz CT molecular complexity index is 1060. The van der Waals surface area contributed by atoms with E-state index in [9.17, 15) is 9.59 Å². The van der Waals surface area contributed by atoms with Crippen LogP contribution in [0.3, 0.4) is 0 Å². The van der Waals surface area contributed by atoms with Gasteiger partial charge >= 0.3 is 0 Å². The van der Waals surface area contributed by atoms with Gasteiger partial charge in [0, 0.05) is 25.9 Å². The molecule has 5 heteroatoms. The summed E-state index contributed by atoms with van der Waals surface area (Å²) < 4.78 is 0. The topological polar surface area (TPSA) is 34.1 Å². The third-order valence-corrected chi connectivity index (χ3v) is 6.58. The highest BCUT2D eigenvalue weighted by atomic mass is 35.5. The van der Waals surface area contributed by atoms with E-state index < -0.39 is 0 Å². The van der Waals surface area contributed by atoms with Crippen molar-refractivity contribution in [2.45, 2.75) is 9.79 Å². The van der Waals surface area contributed by atoms with Crippen molar-refractivity contribution in [2.75, 3.05) is 0 Å². The Morgan fingerprint density at radius 3 is 1.59 bits per heavy atom. The fourth-order valence-corrected chi connectivity index (χ4v) is 5.01. The summed E-state index contributed by atoms with van der Waals surface area (Å²) in [4.78, 5) is 29.1. The van der Waals surface area contributed by atoms with Gasteiger partial charge in [-0.2, -0.15) is 0 Å². The van der Waals surface area contributed by atoms with Gasteiger partial charge in [-0.3, -0.25) is 9.59 Å². The molecule has 132 valence electrons. The average molecular weight is 409 g/mol. The summed E-state index contributed by atoms with van der Waals surface area (Å²) in [5, 5.41) is 0.443. The molecule has 0 unspecified atom stereocenters. The Balaban J connectivity index is 1.84. The molecule has 0 amide bonds. The maximum atomic E-state index is 13.2. The molecule has 0 N–H and O–H groups in total. The lowest BCUT2D eigenvalue weighted by molar-refractivity contribution is 0.0988. The van der Waals surface area contributed by atoms with Crippen LogP contribution >= 0.6 is 35.1 Å². The first-order chi connectivity index (χ1) is 13.1. The number of thioether (sulfide) groups is 2. The van der Waals surface area contributed by atoms with E-state index in [-0.39, 0.29) is 11.6 Å². The molecule has 3 aromatic rings. The van der Waals surface area contributed by atoms with E-state index in [1.807, 2.05) is 60.7 Å². The fourth-order valence-electron chi connectivity index (χ4n) is 2.75. The zero-order valence-corrected chi connectivity index (χ0v) is 16.4. The maximum Gasteiger partial charge on any atom is 0.201 e. The molecule has 3 aromatic carbocycles. The molecule has 0 atom stereocenters. The molecule has 0 heterocycles. The summed E-state index contributed by atoms with van der Waals surface area (Å²) in [6.45, 7) is 0.